The lowest BCUT2D eigenvalue weighted by molar-refractivity contribution is -0.139. The highest BCUT2D eigenvalue weighted by Crippen LogP contribution is 2.25. The predicted octanol–water partition coefficient (Wildman–Crippen LogP) is 2.89. The number of ether oxygens (including phenoxy) is 1. The van der Waals surface area contributed by atoms with E-state index in [1.54, 1.807) is 34.7 Å². The summed E-state index contributed by atoms with van der Waals surface area (Å²) in [5, 5.41) is 9.83. The quantitative estimate of drug-likeness (QED) is 0.778. The van der Waals surface area contributed by atoms with Crippen LogP contribution < -0.4 is 0 Å². The molecule has 0 spiro atoms. The minimum Gasteiger partial charge on any atom is -0.448 e. The number of H-pyrrole nitrogens is 1. The number of hydrogen-bond acceptors (Lipinski definition) is 4. The number of aliphatic hydroxyl groups is 1. The molecular formula is C20H26N2O4. The molecule has 0 saturated carbocycles. The zero-order chi connectivity index (χ0) is 19.4. The number of esters is 1. The standard InChI is InChI=1S/C20H26N2O4/c1-12-17(14(3)23)13(2)21-18(12)20(25)26-15(4)19(24)22(5)11-16-9-7-6-8-10-16/h6-10,14-15,21,23H,11H2,1-5H3/t14-,15+/m1/s1. The first kappa shape index (κ1) is 19.7. The smallest absolute Gasteiger partial charge is 0.355 e. The van der Waals surface area contributed by atoms with Crippen molar-refractivity contribution in [3.63, 3.8) is 0 Å². The monoisotopic (exact) mass is 358 g/mol. The predicted molar refractivity (Wildman–Crippen MR) is 98.7 cm³/mol. The second-order valence-electron chi connectivity index (χ2n) is 6.57. The molecule has 0 radical (unpaired) electrons. The summed E-state index contributed by atoms with van der Waals surface area (Å²) in [6.07, 6.45) is -1.60. The number of aromatic nitrogens is 1. The van der Waals surface area contributed by atoms with E-state index in [0.717, 1.165) is 5.56 Å². The Morgan fingerprint density at radius 3 is 2.35 bits per heavy atom. The number of nitrogens with zero attached hydrogens (tertiary/aromatic N) is 1. The van der Waals surface area contributed by atoms with Gasteiger partial charge in [0.15, 0.2) is 6.10 Å². The van der Waals surface area contributed by atoms with Crippen LogP contribution in [0, 0.1) is 13.8 Å². The summed E-state index contributed by atoms with van der Waals surface area (Å²) >= 11 is 0. The van der Waals surface area contributed by atoms with Crippen molar-refractivity contribution in [1.82, 2.24) is 9.88 Å². The summed E-state index contributed by atoms with van der Waals surface area (Å²) in [4.78, 5) is 29.4. The molecule has 6 heteroatoms. The summed E-state index contributed by atoms with van der Waals surface area (Å²) < 4.78 is 5.34. The molecule has 0 aliphatic rings. The van der Waals surface area contributed by atoms with E-state index in [1.807, 2.05) is 30.3 Å². The fourth-order valence-electron chi connectivity index (χ4n) is 3.11. The zero-order valence-corrected chi connectivity index (χ0v) is 15.9. The zero-order valence-electron chi connectivity index (χ0n) is 15.9. The first-order valence-corrected chi connectivity index (χ1v) is 8.59. The molecule has 0 aliphatic heterocycles. The second kappa shape index (κ2) is 8.19. The molecule has 0 unspecified atom stereocenters. The molecule has 26 heavy (non-hydrogen) atoms. The van der Waals surface area contributed by atoms with E-state index < -0.39 is 18.2 Å². The van der Waals surface area contributed by atoms with Crippen molar-refractivity contribution in [2.45, 2.75) is 46.4 Å². The Balaban J connectivity index is 2.04. The topological polar surface area (TPSA) is 82.6 Å². The number of benzene rings is 1. The molecule has 1 aromatic heterocycles. The lowest BCUT2D eigenvalue weighted by atomic mass is 10.1. The third kappa shape index (κ3) is 4.32. The summed E-state index contributed by atoms with van der Waals surface area (Å²) in [6.45, 7) is 7.17. The van der Waals surface area contributed by atoms with Crippen molar-refractivity contribution in [2.75, 3.05) is 7.05 Å². The molecule has 1 amide bonds. The minimum absolute atomic E-state index is 0.267. The van der Waals surface area contributed by atoms with Crippen molar-refractivity contribution >= 4 is 11.9 Å². The second-order valence-corrected chi connectivity index (χ2v) is 6.57. The molecule has 2 atom stereocenters. The number of carbonyl (C=O) groups excluding carboxylic acids is 2. The molecule has 0 saturated heterocycles. The van der Waals surface area contributed by atoms with Gasteiger partial charge in [0.2, 0.25) is 0 Å². The highest BCUT2D eigenvalue weighted by atomic mass is 16.5. The van der Waals surface area contributed by atoms with Crippen LogP contribution in [0.25, 0.3) is 0 Å². The molecule has 1 heterocycles. The maximum Gasteiger partial charge on any atom is 0.355 e. The lowest BCUT2D eigenvalue weighted by Gasteiger charge is -2.21. The Hall–Kier alpha value is -2.60. The average Bonchev–Trinajstić information content (AvgIpc) is 2.89. The molecule has 2 aromatic rings. The maximum absolute atomic E-state index is 12.5. The van der Waals surface area contributed by atoms with Gasteiger partial charge in [-0.1, -0.05) is 30.3 Å². The Morgan fingerprint density at radius 1 is 1.19 bits per heavy atom. The Morgan fingerprint density at radius 2 is 1.81 bits per heavy atom. The van der Waals surface area contributed by atoms with Gasteiger partial charge < -0.3 is 19.7 Å². The summed E-state index contributed by atoms with van der Waals surface area (Å²) in [5.74, 6) is -0.884. The largest absolute Gasteiger partial charge is 0.448 e. The normalized spacial score (nSPS) is 13.2. The van der Waals surface area contributed by atoms with Crippen molar-refractivity contribution in [2.24, 2.45) is 0 Å². The third-order valence-corrected chi connectivity index (χ3v) is 4.39. The van der Waals surface area contributed by atoms with Crippen molar-refractivity contribution in [3.05, 3.63) is 58.4 Å². The molecule has 0 aliphatic carbocycles. The molecular weight excluding hydrogens is 332 g/mol. The number of aromatic amines is 1. The van der Waals surface area contributed by atoms with Crippen LogP contribution in [-0.4, -0.2) is 40.0 Å². The molecule has 6 nitrogen and oxygen atoms in total. The third-order valence-electron chi connectivity index (χ3n) is 4.39. The van der Waals surface area contributed by atoms with Gasteiger partial charge in [0.1, 0.15) is 5.69 Å². The SMILES string of the molecule is Cc1[nH]c(C(=O)O[C@@H](C)C(=O)N(C)Cc2ccccc2)c(C)c1[C@@H](C)O. The van der Waals surface area contributed by atoms with Crippen molar-refractivity contribution in [3.8, 4) is 0 Å². The number of aliphatic hydroxyl groups excluding tert-OH is 1. The average molecular weight is 358 g/mol. The van der Waals surface area contributed by atoms with Crippen LogP contribution in [0.1, 0.15) is 52.8 Å². The molecule has 2 rings (SSSR count). The summed E-state index contributed by atoms with van der Waals surface area (Å²) in [7, 11) is 1.68. The van der Waals surface area contributed by atoms with Gasteiger partial charge in [0.05, 0.1) is 6.10 Å². The number of likely N-dealkylation sites (N-methyl/N-ethyl adjacent to an activating group) is 1. The van der Waals surface area contributed by atoms with Gasteiger partial charge in [-0.15, -0.1) is 0 Å². The fraction of sp³-hybridized carbons (Fsp3) is 0.400. The van der Waals surface area contributed by atoms with E-state index in [4.69, 9.17) is 4.74 Å². The van der Waals surface area contributed by atoms with Crippen molar-refractivity contribution < 1.29 is 19.4 Å². The Kier molecular flexibility index (Phi) is 6.21. The summed E-state index contributed by atoms with van der Waals surface area (Å²) in [6, 6.07) is 9.60. The van der Waals surface area contributed by atoms with Gasteiger partial charge in [-0.2, -0.15) is 0 Å². The van der Waals surface area contributed by atoms with Crippen LogP contribution in [0.4, 0.5) is 0 Å². The van der Waals surface area contributed by atoms with E-state index >= 15 is 0 Å². The molecule has 2 N–H and O–H groups in total. The Labute approximate surface area is 153 Å². The van der Waals surface area contributed by atoms with Crippen LogP contribution in [0.2, 0.25) is 0 Å². The minimum atomic E-state index is -0.908. The highest BCUT2D eigenvalue weighted by Gasteiger charge is 2.26. The van der Waals surface area contributed by atoms with Gasteiger partial charge in [-0.05, 0) is 38.8 Å². The van der Waals surface area contributed by atoms with E-state index in [1.165, 1.54) is 4.90 Å². The number of hydrogen-bond donors (Lipinski definition) is 2. The molecule has 0 bridgehead atoms. The molecule has 0 fully saturated rings. The van der Waals surface area contributed by atoms with Crippen LogP contribution in [-0.2, 0) is 16.1 Å². The van der Waals surface area contributed by atoms with Crippen molar-refractivity contribution in [1.29, 1.82) is 0 Å². The molecule has 1 aromatic carbocycles. The number of aryl methyl sites for hydroxylation is 1. The van der Waals surface area contributed by atoms with Crippen LogP contribution >= 0.6 is 0 Å². The maximum atomic E-state index is 12.5. The number of rotatable bonds is 6. The van der Waals surface area contributed by atoms with Gasteiger partial charge in [0.25, 0.3) is 5.91 Å². The van der Waals surface area contributed by atoms with Gasteiger partial charge in [0, 0.05) is 24.8 Å². The van der Waals surface area contributed by atoms with Gasteiger partial charge in [-0.3, -0.25) is 4.79 Å². The first-order valence-electron chi connectivity index (χ1n) is 8.59. The number of carbonyl (C=O) groups is 2. The lowest BCUT2D eigenvalue weighted by Crippen LogP contribution is -2.37. The fourth-order valence-corrected chi connectivity index (χ4v) is 3.11. The Bertz CT molecular complexity index is 781. The first-order chi connectivity index (χ1) is 12.2. The molecule has 140 valence electrons. The van der Waals surface area contributed by atoms with E-state index in [0.29, 0.717) is 23.4 Å². The number of amides is 1. The van der Waals surface area contributed by atoms with E-state index in [-0.39, 0.29) is 11.6 Å². The van der Waals surface area contributed by atoms with Crippen LogP contribution in [0.15, 0.2) is 30.3 Å². The highest BCUT2D eigenvalue weighted by molar-refractivity contribution is 5.92. The van der Waals surface area contributed by atoms with Crippen LogP contribution in [0.3, 0.4) is 0 Å². The van der Waals surface area contributed by atoms with Crippen LogP contribution in [0.5, 0.6) is 0 Å². The van der Waals surface area contributed by atoms with Gasteiger partial charge >= 0.3 is 5.97 Å². The van der Waals surface area contributed by atoms with E-state index in [2.05, 4.69) is 4.98 Å². The van der Waals surface area contributed by atoms with E-state index in [9.17, 15) is 14.7 Å². The summed E-state index contributed by atoms with van der Waals surface area (Å²) in [5.41, 5.74) is 3.30. The number of nitrogens with one attached hydrogen (secondary N) is 1. The van der Waals surface area contributed by atoms with Gasteiger partial charge in [-0.25, -0.2) is 4.79 Å².